The summed E-state index contributed by atoms with van der Waals surface area (Å²) in [7, 11) is 2.12. The van der Waals surface area contributed by atoms with Crippen LogP contribution in [-0.4, -0.2) is 31.4 Å². The molecule has 0 aromatic heterocycles. The number of ether oxygens (including phenoxy) is 1. The van der Waals surface area contributed by atoms with Gasteiger partial charge in [0.05, 0.1) is 11.8 Å². The predicted molar refractivity (Wildman–Crippen MR) is 139 cm³/mol. The van der Waals surface area contributed by atoms with E-state index in [1.807, 2.05) is 73.1 Å². The SMILES string of the molecule is C=N/C(=C/C=N\C=C/N(C)CC1CCCCC1)c1ccc(Oc2ccccc2)cc1.CC#N. The van der Waals surface area contributed by atoms with Crippen molar-refractivity contribution < 1.29 is 4.74 Å². The molecule has 5 nitrogen and oxygen atoms in total. The number of nitriles is 1. The molecule has 0 amide bonds. The van der Waals surface area contributed by atoms with Gasteiger partial charge in [-0.25, -0.2) is 0 Å². The van der Waals surface area contributed by atoms with Crippen molar-refractivity contribution in [3.63, 3.8) is 0 Å². The van der Waals surface area contributed by atoms with Crippen LogP contribution in [0.3, 0.4) is 0 Å². The average molecular weight is 443 g/mol. The molecular formula is C28H34N4O. The van der Waals surface area contributed by atoms with Crippen LogP contribution in [0.2, 0.25) is 0 Å². The summed E-state index contributed by atoms with van der Waals surface area (Å²) >= 11 is 0. The number of para-hydroxylation sites is 1. The first-order valence-corrected chi connectivity index (χ1v) is 11.4. The zero-order chi connectivity index (χ0) is 23.7. The normalized spacial score (nSPS) is 14.4. The Balaban J connectivity index is 0.00000122. The molecule has 0 N–H and O–H groups in total. The third-order valence-corrected chi connectivity index (χ3v) is 5.30. The van der Waals surface area contributed by atoms with Crippen molar-refractivity contribution in [1.29, 1.82) is 5.26 Å². The molecule has 1 aliphatic carbocycles. The highest BCUT2D eigenvalue weighted by Gasteiger charge is 2.13. The molecule has 33 heavy (non-hydrogen) atoms. The van der Waals surface area contributed by atoms with Gasteiger partial charge in [-0.3, -0.25) is 9.98 Å². The Bertz CT molecular complexity index is 950. The molecule has 0 bridgehead atoms. The summed E-state index contributed by atoms with van der Waals surface area (Å²) in [4.78, 5) is 10.7. The average Bonchev–Trinajstić information content (AvgIpc) is 2.84. The van der Waals surface area contributed by atoms with Gasteiger partial charge in [0.2, 0.25) is 0 Å². The Labute approximate surface area is 198 Å². The fourth-order valence-electron chi connectivity index (χ4n) is 3.71. The van der Waals surface area contributed by atoms with E-state index in [-0.39, 0.29) is 0 Å². The van der Waals surface area contributed by atoms with E-state index < -0.39 is 0 Å². The lowest BCUT2D eigenvalue weighted by molar-refractivity contribution is 0.281. The van der Waals surface area contributed by atoms with Crippen molar-refractivity contribution in [3.8, 4) is 17.6 Å². The number of allylic oxidation sites excluding steroid dienone is 1. The maximum atomic E-state index is 7.32. The van der Waals surface area contributed by atoms with Crippen molar-refractivity contribution in [1.82, 2.24) is 4.90 Å². The second-order valence-electron chi connectivity index (χ2n) is 7.91. The molecule has 2 aromatic carbocycles. The van der Waals surface area contributed by atoms with Crippen LogP contribution in [0, 0.1) is 17.2 Å². The van der Waals surface area contributed by atoms with Gasteiger partial charge in [0.1, 0.15) is 11.5 Å². The minimum atomic E-state index is 0.772. The molecule has 1 saturated carbocycles. The molecule has 0 aliphatic heterocycles. The van der Waals surface area contributed by atoms with Gasteiger partial charge < -0.3 is 9.64 Å². The minimum Gasteiger partial charge on any atom is -0.457 e. The number of hydrogen-bond acceptors (Lipinski definition) is 5. The summed E-state index contributed by atoms with van der Waals surface area (Å²) in [6, 6.07) is 19.3. The summed E-state index contributed by atoms with van der Waals surface area (Å²) < 4.78 is 5.83. The first-order valence-electron chi connectivity index (χ1n) is 11.4. The Hall–Kier alpha value is -3.65. The van der Waals surface area contributed by atoms with Crippen molar-refractivity contribution in [2.45, 2.75) is 39.0 Å². The summed E-state index contributed by atoms with van der Waals surface area (Å²) in [5.41, 5.74) is 1.74. The Kier molecular flexibility index (Phi) is 11.8. The number of nitrogens with zero attached hydrogens (tertiary/aromatic N) is 4. The van der Waals surface area contributed by atoms with Gasteiger partial charge in [-0.05, 0) is 68.0 Å². The molecule has 0 unspecified atom stereocenters. The lowest BCUT2D eigenvalue weighted by Crippen LogP contribution is -2.22. The fourth-order valence-corrected chi connectivity index (χ4v) is 3.71. The zero-order valence-corrected chi connectivity index (χ0v) is 19.7. The molecule has 172 valence electrons. The van der Waals surface area contributed by atoms with E-state index >= 15 is 0 Å². The Morgan fingerprint density at radius 1 is 1.09 bits per heavy atom. The van der Waals surface area contributed by atoms with E-state index in [0.717, 1.165) is 35.2 Å². The maximum absolute atomic E-state index is 7.32. The number of rotatable bonds is 9. The quantitative estimate of drug-likeness (QED) is 0.389. The third-order valence-electron chi connectivity index (χ3n) is 5.30. The van der Waals surface area contributed by atoms with E-state index in [9.17, 15) is 0 Å². The predicted octanol–water partition coefficient (Wildman–Crippen LogP) is 7.10. The number of benzene rings is 2. The van der Waals surface area contributed by atoms with Gasteiger partial charge in [-0.2, -0.15) is 5.26 Å². The smallest absolute Gasteiger partial charge is 0.127 e. The highest BCUT2D eigenvalue weighted by Crippen LogP contribution is 2.25. The van der Waals surface area contributed by atoms with Crippen molar-refractivity contribution in [2.24, 2.45) is 15.9 Å². The van der Waals surface area contributed by atoms with E-state index in [4.69, 9.17) is 10.00 Å². The topological polar surface area (TPSA) is 61.0 Å². The third kappa shape index (κ3) is 10.0. The van der Waals surface area contributed by atoms with E-state index in [1.165, 1.54) is 39.0 Å². The van der Waals surface area contributed by atoms with Crippen LogP contribution >= 0.6 is 0 Å². The first-order chi connectivity index (χ1) is 16.2. The fraction of sp³-hybridized carbons (Fsp3) is 0.321. The van der Waals surface area contributed by atoms with Crippen LogP contribution in [0.25, 0.3) is 5.70 Å². The first kappa shape index (κ1) is 25.6. The van der Waals surface area contributed by atoms with Crippen molar-refractivity contribution >= 4 is 18.6 Å². The summed E-state index contributed by atoms with van der Waals surface area (Å²) in [6.45, 7) is 6.22. The molecule has 1 aliphatic rings. The summed E-state index contributed by atoms with van der Waals surface area (Å²) in [5.74, 6) is 2.42. The molecule has 0 atom stereocenters. The van der Waals surface area contributed by atoms with E-state index in [2.05, 4.69) is 28.6 Å². The van der Waals surface area contributed by atoms with Gasteiger partial charge >= 0.3 is 0 Å². The molecule has 0 radical (unpaired) electrons. The lowest BCUT2D eigenvalue weighted by Gasteiger charge is -2.25. The van der Waals surface area contributed by atoms with E-state index in [0.29, 0.717) is 0 Å². The van der Waals surface area contributed by atoms with Gasteiger partial charge in [-0.15, -0.1) is 0 Å². The molecule has 5 heteroatoms. The van der Waals surface area contributed by atoms with Gasteiger partial charge in [0.15, 0.2) is 0 Å². The van der Waals surface area contributed by atoms with Gasteiger partial charge in [0, 0.05) is 44.7 Å². The maximum Gasteiger partial charge on any atom is 0.127 e. The largest absolute Gasteiger partial charge is 0.457 e. The monoisotopic (exact) mass is 442 g/mol. The molecule has 0 saturated heterocycles. The Morgan fingerprint density at radius 2 is 1.73 bits per heavy atom. The van der Waals surface area contributed by atoms with Crippen LogP contribution < -0.4 is 4.74 Å². The molecule has 0 spiro atoms. The molecular weight excluding hydrogens is 408 g/mol. The summed E-state index contributed by atoms with van der Waals surface area (Å²) in [5, 5.41) is 7.32. The number of aliphatic imine (C=N–C) groups is 2. The molecule has 2 aromatic rings. The highest BCUT2D eigenvalue weighted by molar-refractivity contribution is 5.85. The highest BCUT2D eigenvalue weighted by atomic mass is 16.5. The minimum absolute atomic E-state index is 0.772. The van der Waals surface area contributed by atoms with Crippen molar-refractivity contribution in [2.75, 3.05) is 13.6 Å². The van der Waals surface area contributed by atoms with Crippen LogP contribution in [-0.2, 0) is 0 Å². The van der Waals surface area contributed by atoms with Gasteiger partial charge in [0.25, 0.3) is 0 Å². The second-order valence-corrected chi connectivity index (χ2v) is 7.91. The van der Waals surface area contributed by atoms with Crippen LogP contribution in [0.4, 0.5) is 0 Å². The van der Waals surface area contributed by atoms with Crippen LogP contribution in [0.5, 0.6) is 11.5 Å². The Morgan fingerprint density at radius 3 is 2.36 bits per heavy atom. The van der Waals surface area contributed by atoms with E-state index in [1.54, 1.807) is 12.3 Å². The van der Waals surface area contributed by atoms with Crippen LogP contribution in [0.1, 0.15) is 44.6 Å². The van der Waals surface area contributed by atoms with Gasteiger partial charge in [-0.1, -0.05) is 37.5 Å². The molecule has 3 rings (SSSR count). The summed E-state index contributed by atoms with van der Waals surface area (Å²) in [6.07, 6.45) is 14.3. The standard InChI is InChI=1S/C26H31N3O.C2H3N/c1-27-26(17-18-28-19-20-29(2)21-22-9-5-3-6-10-22)23-13-15-25(16-14-23)30-24-11-7-4-8-12-24;1-2-3/h4,7-8,11-20,22H,1,3,5-6,9-10,21H2,2H3;1H3/b20-19-,26-17+,28-18-;. The zero-order valence-electron chi connectivity index (χ0n) is 19.7. The molecule has 1 fully saturated rings. The molecule has 0 heterocycles. The second kappa shape index (κ2) is 15.2. The lowest BCUT2D eigenvalue weighted by atomic mass is 9.89. The van der Waals surface area contributed by atoms with Crippen molar-refractivity contribution in [3.05, 3.63) is 78.6 Å². The van der Waals surface area contributed by atoms with Crippen LogP contribution in [0.15, 0.2) is 83.1 Å². The number of hydrogen-bond donors (Lipinski definition) is 0.